The zero-order chi connectivity index (χ0) is 17.8. The summed E-state index contributed by atoms with van der Waals surface area (Å²) in [5.74, 6) is 0.124. The Bertz CT molecular complexity index is 934. The molecule has 0 aromatic carbocycles. The summed E-state index contributed by atoms with van der Waals surface area (Å²) in [5.41, 5.74) is 1.15. The normalized spacial score (nSPS) is 11.9. The molecule has 1 amide bonds. The van der Waals surface area contributed by atoms with Crippen LogP contribution in [0.2, 0.25) is 0 Å². The molecule has 1 unspecified atom stereocenters. The van der Waals surface area contributed by atoms with Crippen LogP contribution in [-0.4, -0.2) is 35.4 Å². The van der Waals surface area contributed by atoms with Crippen LogP contribution >= 0.6 is 0 Å². The standard InChI is InChI=1S/C16H17N7O2/c1-11-8-13(19-10-18-11)9-17-16(25)12(2)23-15(24)5-4-14(21-23)22-7-3-6-20-22/h3-8,10,12H,9H2,1-2H3,(H,17,25). The van der Waals surface area contributed by atoms with Crippen molar-refractivity contribution in [1.82, 2.24) is 34.8 Å². The second kappa shape index (κ2) is 7.04. The van der Waals surface area contributed by atoms with Crippen LogP contribution < -0.4 is 10.9 Å². The van der Waals surface area contributed by atoms with E-state index in [2.05, 4.69) is 25.5 Å². The molecule has 0 aliphatic heterocycles. The highest BCUT2D eigenvalue weighted by atomic mass is 16.2. The van der Waals surface area contributed by atoms with Gasteiger partial charge in [0.15, 0.2) is 5.82 Å². The number of carbonyl (C=O) groups is 1. The SMILES string of the molecule is Cc1cc(CNC(=O)C(C)n2nc(-n3cccn3)ccc2=O)ncn1. The molecule has 0 saturated heterocycles. The molecule has 0 radical (unpaired) electrons. The molecule has 0 aliphatic rings. The number of aromatic nitrogens is 6. The highest BCUT2D eigenvalue weighted by Gasteiger charge is 2.18. The third-order valence-corrected chi connectivity index (χ3v) is 3.60. The molecule has 0 aliphatic carbocycles. The molecule has 25 heavy (non-hydrogen) atoms. The van der Waals surface area contributed by atoms with Crippen LogP contribution in [0.5, 0.6) is 0 Å². The van der Waals surface area contributed by atoms with E-state index in [1.807, 2.05) is 6.92 Å². The van der Waals surface area contributed by atoms with Crippen molar-refractivity contribution in [3.05, 3.63) is 64.7 Å². The van der Waals surface area contributed by atoms with E-state index in [1.165, 1.54) is 17.1 Å². The lowest BCUT2D eigenvalue weighted by atomic mass is 10.3. The van der Waals surface area contributed by atoms with Crippen LogP contribution in [0, 0.1) is 6.92 Å². The van der Waals surface area contributed by atoms with Crippen molar-refractivity contribution in [2.45, 2.75) is 26.4 Å². The van der Waals surface area contributed by atoms with Crippen molar-refractivity contribution in [2.24, 2.45) is 0 Å². The molecule has 3 heterocycles. The molecular weight excluding hydrogens is 322 g/mol. The lowest BCUT2D eigenvalue weighted by Crippen LogP contribution is -2.37. The van der Waals surface area contributed by atoms with Gasteiger partial charge >= 0.3 is 0 Å². The van der Waals surface area contributed by atoms with Crippen molar-refractivity contribution in [3.63, 3.8) is 0 Å². The van der Waals surface area contributed by atoms with Crippen molar-refractivity contribution in [3.8, 4) is 5.82 Å². The van der Waals surface area contributed by atoms with Gasteiger partial charge in [0.1, 0.15) is 12.4 Å². The van der Waals surface area contributed by atoms with Crippen LogP contribution in [-0.2, 0) is 11.3 Å². The van der Waals surface area contributed by atoms with Crippen molar-refractivity contribution in [2.75, 3.05) is 0 Å². The van der Waals surface area contributed by atoms with Gasteiger partial charge in [0, 0.05) is 24.2 Å². The quantitative estimate of drug-likeness (QED) is 0.721. The number of rotatable bonds is 5. The fraction of sp³-hybridized carbons (Fsp3) is 0.250. The van der Waals surface area contributed by atoms with Gasteiger partial charge in [-0.05, 0) is 32.0 Å². The Kier molecular flexibility index (Phi) is 4.64. The number of amides is 1. The number of carbonyl (C=O) groups excluding carboxylic acids is 1. The molecule has 9 nitrogen and oxygen atoms in total. The summed E-state index contributed by atoms with van der Waals surface area (Å²) in [6.07, 6.45) is 4.76. The third kappa shape index (κ3) is 3.77. The molecule has 3 aromatic rings. The summed E-state index contributed by atoms with van der Waals surface area (Å²) in [6, 6.07) is 5.68. The van der Waals surface area contributed by atoms with Gasteiger partial charge in [-0.3, -0.25) is 9.59 Å². The fourth-order valence-corrected chi connectivity index (χ4v) is 2.26. The van der Waals surface area contributed by atoms with E-state index in [0.717, 1.165) is 10.4 Å². The number of nitrogens with zero attached hydrogens (tertiary/aromatic N) is 6. The van der Waals surface area contributed by atoms with E-state index in [9.17, 15) is 9.59 Å². The van der Waals surface area contributed by atoms with Gasteiger partial charge < -0.3 is 5.32 Å². The first kappa shape index (κ1) is 16.5. The minimum absolute atomic E-state index is 0.250. The number of hydrogen-bond donors (Lipinski definition) is 1. The second-order valence-corrected chi connectivity index (χ2v) is 5.47. The Labute approximate surface area is 143 Å². The molecule has 128 valence electrons. The monoisotopic (exact) mass is 339 g/mol. The zero-order valence-electron chi connectivity index (χ0n) is 13.8. The van der Waals surface area contributed by atoms with Gasteiger partial charge in [0.2, 0.25) is 5.91 Å². The van der Waals surface area contributed by atoms with Gasteiger partial charge in [0.05, 0.1) is 12.2 Å². The van der Waals surface area contributed by atoms with Crippen LogP contribution in [0.25, 0.3) is 5.82 Å². The molecule has 3 aromatic heterocycles. The summed E-state index contributed by atoms with van der Waals surface area (Å²) < 4.78 is 2.65. The maximum absolute atomic E-state index is 12.4. The average molecular weight is 339 g/mol. The third-order valence-electron chi connectivity index (χ3n) is 3.60. The van der Waals surface area contributed by atoms with Crippen molar-refractivity contribution >= 4 is 5.91 Å². The van der Waals surface area contributed by atoms with E-state index in [0.29, 0.717) is 11.5 Å². The average Bonchev–Trinajstić information content (AvgIpc) is 3.14. The second-order valence-electron chi connectivity index (χ2n) is 5.47. The highest BCUT2D eigenvalue weighted by molar-refractivity contribution is 5.79. The highest BCUT2D eigenvalue weighted by Crippen LogP contribution is 2.05. The van der Waals surface area contributed by atoms with Crippen LogP contribution in [0.1, 0.15) is 24.4 Å². The molecule has 0 spiro atoms. The minimum Gasteiger partial charge on any atom is -0.349 e. The molecule has 3 rings (SSSR count). The number of nitrogens with one attached hydrogen (secondary N) is 1. The van der Waals surface area contributed by atoms with Gasteiger partial charge in [-0.1, -0.05) is 0 Å². The summed E-state index contributed by atoms with van der Waals surface area (Å²) in [5, 5.41) is 11.0. The molecule has 0 fully saturated rings. The van der Waals surface area contributed by atoms with Crippen LogP contribution in [0.3, 0.4) is 0 Å². The lowest BCUT2D eigenvalue weighted by molar-refractivity contribution is -0.124. The van der Waals surface area contributed by atoms with Gasteiger partial charge in [-0.2, -0.15) is 5.10 Å². The predicted molar refractivity (Wildman–Crippen MR) is 88.9 cm³/mol. The van der Waals surface area contributed by atoms with Gasteiger partial charge in [0.25, 0.3) is 5.56 Å². The van der Waals surface area contributed by atoms with E-state index in [-0.39, 0.29) is 18.0 Å². The van der Waals surface area contributed by atoms with E-state index in [4.69, 9.17) is 0 Å². The first-order valence-electron chi connectivity index (χ1n) is 7.70. The predicted octanol–water partition coefficient (Wildman–Crippen LogP) is 0.405. The van der Waals surface area contributed by atoms with Crippen molar-refractivity contribution < 1.29 is 4.79 Å². The maximum Gasteiger partial charge on any atom is 0.267 e. The molecular formula is C16H17N7O2. The summed E-state index contributed by atoms with van der Waals surface area (Å²) >= 11 is 0. The Morgan fingerprint density at radius 3 is 2.88 bits per heavy atom. The summed E-state index contributed by atoms with van der Waals surface area (Å²) in [4.78, 5) is 32.5. The van der Waals surface area contributed by atoms with Crippen molar-refractivity contribution in [1.29, 1.82) is 0 Å². The zero-order valence-corrected chi connectivity index (χ0v) is 13.8. The first-order chi connectivity index (χ1) is 12.0. The Morgan fingerprint density at radius 2 is 2.16 bits per heavy atom. The van der Waals surface area contributed by atoms with Crippen LogP contribution in [0.4, 0.5) is 0 Å². The van der Waals surface area contributed by atoms with Gasteiger partial charge in [-0.15, -0.1) is 5.10 Å². The first-order valence-corrected chi connectivity index (χ1v) is 7.70. The van der Waals surface area contributed by atoms with E-state index >= 15 is 0 Å². The Morgan fingerprint density at radius 1 is 1.32 bits per heavy atom. The minimum atomic E-state index is -0.772. The van der Waals surface area contributed by atoms with E-state index in [1.54, 1.807) is 37.5 Å². The summed E-state index contributed by atoms with van der Waals surface area (Å²) in [7, 11) is 0. The fourth-order valence-electron chi connectivity index (χ4n) is 2.26. The molecule has 9 heteroatoms. The molecule has 1 atom stereocenters. The molecule has 0 bridgehead atoms. The number of hydrogen-bond acceptors (Lipinski definition) is 6. The lowest BCUT2D eigenvalue weighted by Gasteiger charge is -2.14. The smallest absolute Gasteiger partial charge is 0.267 e. The largest absolute Gasteiger partial charge is 0.349 e. The van der Waals surface area contributed by atoms with E-state index < -0.39 is 6.04 Å². The Balaban J connectivity index is 1.75. The summed E-state index contributed by atoms with van der Waals surface area (Å²) in [6.45, 7) is 3.71. The number of aryl methyl sites for hydroxylation is 1. The molecule has 1 N–H and O–H groups in total. The Hall–Kier alpha value is -3.36. The van der Waals surface area contributed by atoms with Crippen LogP contribution in [0.15, 0.2) is 47.8 Å². The topological polar surface area (TPSA) is 108 Å². The maximum atomic E-state index is 12.4. The van der Waals surface area contributed by atoms with Gasteiger partial charge in [-0.25, -0.2) is 19.3 Å². The molecule has 0 saturated carbocycles.